The number of likely N-dealkylation sites (tertiary alicyclic amines) is 1. The smallest absolute Gasteiger partial charge is 0.254 e. The van der Waals surface area contributed by atoms with Gasteiger partial charge >= 0.3 is 0 Å². The van der Waals surface area contributed by atoms with Gasteiger partial charge in [0.15, 0.2) is 0 Å². The van der Waals surface area contributed by atoms with Crippen molar-refractivity contribution < 1.29 is 4.79 Å². The zero-order valence-electron chi connectivity index (χ0n) is 9.93. The van der Waals surface area contributed by atoms with Crippen molar-refractivity contribution in [3.05, 3.63) is 60.7 Å². The van der Waals surface area contributed by atoms with Crippen molar-refractivity contribution in [1.82, 2.24) is 4.90 Å². The van der Waals surface area contributed by atoms with Gasteiger partial charge < -0.3 is 4.90 Å². The molecule has 17 heavy (non-hydrogen) atoms. The molecule has 0 aromatic heterocycles. The van der Waals surface area contributed by atoms with E-state index in [0.717, 1.165) is 24.1 Å². The molecule has 1 aromatic rings. The lowest BCUT2D eigenvalue weighted by Crippen LogP contribution is -2.28. The monoisotopic (exact) mass is 227 g/mol. The second kappa shape index (κ2) is 5.00. The van der Waals surface area contributed by atoms with Crippen LogP contribution in [0.1, 0.15) is 16.8 Å². The van der Waals surface area contributed by atoms with E-state index in [9.17, 15) is 4.79 Å². The number of nitrogens with zero attached hydrogens (tertiary/aromatic N) is 1. The standard InChI is InChI=1S/C15H17NO/c1-3-7-14-11-16(10-12(14)2)15(17)13-8-5-4-6-9-13/h3-6,8-9,14H,1-2,7,10-11H2. The summed E-state index contributed by atoms with van der Waals surface area (Å²) >= 11 is 0. The predicted octanol–water partition coefficient (Wildman–Crippen LogP) is 2.89. The number of rotatable bonds is 3. The number of benzene rings is 1. The van der Waals surface area contributed by atoms with Crippen LogP contribution in [0.5, 0.6) is 0 Å². The molecule has 0 bridgehead atoms. The molecule has 0 N–H and O–H groups in total. The fourth-order valence-corrected chi connectivity index (χ4v) is 2.19. The van der Waals surface area contributed by atoms with Crippen LogP contribution in [0.4, 0.5) is 0 Å². The lowest BCUT2D eigenvalue weighted by Gasteiger charge is -2.15. The summed E-state index contributed by atoms with van der Waals surface area (Å²) in [5, 5.41) is 0. The van der Waals surface area contributed by atoms with E-state index in [1.807, 2.05) is 41.3 Å². The third-order valence-corrected chi connectivity index (χ3v) is 3.17. The average Bonchev–Trinajstić information content (AvgIpc) is 2.72. The van der Waals surface area contributed by atoms with Crippen LogP contribution in [0.25, 0.3) is 0 Å². The first-order valence-corrected chi connectivity index (χ1v) is 5.85. The minimum absolute atomic E-state index is 0.0957. The highest BCUT2D eigenvalue weighted by atomic mass is 16.2. The van der Waals surface area contributed by atoms with E-state index in [4.69, 9.17) is 0 Å². The third kappa shape index (κ3) is 2.47. The molecule has 2 heteroatoms. The summed E-state index contributed by atoms with van der Waals surface area (Å²) in [7, 11) is 0. The molecule has 0 saturated carbocycles. The molecule has 88 valence electrons. The first-order valence-electron chi connectivity index (χ1n) is 5.85. The van der Waals surface area contributed by atoms with Crippen molar-refractivity contribution >= 4 is 5.91 Å². The van der Waals surface area contributed by atoms with Gasteiger partial charge in [-0.15, -0.1) is 6.58 Å². The summed E-state index contributed by atoms with van der Waals surface area (Å²) in [6.45, 7) is 9.22. The zero-order valence-corrected chi connectivity index (χ0v) is 9.93. The lowest BCUT2D eigenvalue weighted by atomic mass is 10.0. The van der Waals surface area contributed by atoms with Gasteiger partial charge in [-0.1, -0.05) is 36.4 Å². The number of hydrogen-bond donors (Lipinski definition) is 0. The summed E-state index contributed by atoms with van der Waals surface area (Å²) in [4.78, 5) is 14.1. The van der Waals surface area contributed by atoms with Crippen LogP contribution in [-0.4, -0.2) is 23.9 Å². The molecule has 1 aromatic carbocycles. The van der Waals surface area contributed by atoms with E-state index < -0.39 is 0 Å². The Hall–Kier alpha value is -1.83. The summed E-state index contributed by atoms with van der Waals surface area (Å²) in [6, 6.07) is 9.40. The molecule has 1 heterocycles. The topological polar surface area (TPSA) is 20.3 Å². The molecular weight excluding hydrogens is 210 g/mol. The van der Waals surface area contributed by atoms with Gasteiger partial charge in [-0.3, -0.25) is 4.79 Å². The molecule has 1 aliphatic heterocycles. The van der Waals surface area contributed by atoms with Crippen LogP contribution in [0.2, 0.25) is 0 Å². The third-order valence-electron chi connectivity index (χ3n) is 3.17. The Balaban J connectivity index is 2.08. The van der Waals surface area contributed by atoms with Gasteiger partial charge in [-0.2, -0.15) is 0 Å². The van der Waals surface area contributed by atoms with E-state index in [1.165, 1.54) is 0 Å². The van der Waals surface area contributed by atoms with Crippen molar-refractivity contribution in [1.29, 1.82) is 0 Å². The fraction of sp³-hybridized carbons (Fsp3) is 0.267. The summed E-state index contributed by atoms with van der Waals surface area (Å²) in [5.41, 5.74) is 1.88. The van der Waals surface area contributed by atoms with E-state index in [2.05, 4.69) is 13.2 Å². The molecule has 2 nitrogen and oxygen atoms in total. The highest BCUT2D eigenvalue weighted by molar-refractivity contribution is 5.94. The normalized spacial score (nSPS) is 19.4. The number of amides is 1. The molecule has 1 unspecified atom stereocenters. The maximum Gasteiger partial charge on any atom is 0.254 e. The van der Waals surface area contributed by atoms with Crippen molar-refractivity contribution in [2.24, 2.45) is 5.92 Å². The molecule has 2 rings (SSSR count). The average molecular weight is 227 g/mol. The molecule has 1 atom stereocenters. The van der Waals surface area contributed by atoms with Gasteiger partial charge in [0.25, 0.3) is 5.91 Å². The molecule has 0 radical (unpaired) electrons. The van der Waals surface area contributed by atoms with Gasteiger partial charge in [-0.25, -0.2) is 0 Å². The Morgan fingerprint density at radius 1 is 1.41 bits per heavy atom. The Bertz CT molecular complexity index is 435. The van der Waals surface area contributed by atoms with Crippen LogP contribution < -0.4 is 0 Å². The largest absolute Gasteiger partial charge is 0.334 e. The fourth-order valence-electron chi connectivity index (χ4n) is 2.19. The quantitative estimate of drug-likeness (QED) is 0.727. The van der Waals surface area contributed by atoms with Gasteiger partial charge in [0.1, 0.15) is 0 Å². The number of allylic oxidation sites excluding steroid dienone is 1. The van der Waals surface area contributed by atoms with Crippen LogP contribution in [-0.2, 0) is 0 Å². The van der Waals surface area contributed by atoms with Crippen LogP contribution >= 0.6 is 0 Å². The number of carbonyl (C=O) groups excluding carboxylic acids is 1. The van der Waals surface area contributed by atoms with E-state index in [-0.39, 0.29) is 5.91 Å². The zero-order chi connectivity index (χ0) is 12.3. The SMILES string of the molecule is C=CCC1CN(C(=O)c2ccccc2)CC1=C. The van der Waals surface area contributed by atoms with Gasteiger partial charge in [0.05, 0.1) is 0 Å². The molecule has 1 fully saturated rings. The Kier molecular flexibility index (Phi) is 3.43. The van der Waals surface area contributed by atoms with Crippen molar-refractivity contribution in [3.8, 4) is 0 Å². The minimum atomic E-state index is 0.0957. The number of hydrogen-bond acceptors (Lipinski definition) is 1. The first kappa shape index (κ1) is 11.6. The second-order valence-corrected chi connectivity index (χ2v) is 4.43. The molecule has 1 amide bonds. The highest BCUT2D eigenvalue weighted by Crippen LogP contribution is 2.25. The molecule has 0 aliphatic carbocycles. The maximum atomic E-state index is 12.2. The van der Waals surface area contributed by atoms with Crippen LogP contribution in [0.15, 0.2) is 55.1 Å². The van der Waals surface area contributed by atoms with E-state index >= 15 is 0 Å². The number of carbonyl (C=O) groups is 1. The second-order valence-electron chi connectivity index (χ2n) is 4.43. The van der Waals surface area contributed by atoms with Crippen LogP contribution in [0, 0.1) is 5.92 Å². The lowest BCUT2D eigenvalue weighted by molar-refractivity contribution is 0.0789. The van der Waals surface area contributed by atoms with Crippen molar-refractivity contribution in [2.75, 3.05) is 13.1 Å². The predicted molar refractivity (Wildman–Crippen MR) is 69.8 cm³/mol. The molecule has 0 spiro atoms. The Morgan fingerprint density at radius 2 is 2.12 bits per heavy atom. The molecule has 1 aliphatic rings. The Labute approximate surface area is 102 Å². The van der Waals surface area contributed by atoms with Crippen molar-refractivity contribution in [2.45, 2.75) is 6.42 Å². The molecule has 1 saturated heterocycles. The first-order chi connectivity index (χ1) is 8.22. The maximum absolute atomic E-state index is 12.2. The summed E-state index contributed by atoms with van der Waals surface area (Å²) in [5.74, 6) is 0.471. The van der Waals surface area contributed by atoms with Crippen molar-refractivity contribution in [3.63, 3.8) is 0 Å². The highest BCUT2D eigenvalue weighted by Gasteiger charge is 2.28. The van der Waals surface area contributed by atoms with E-state index in [1.54, 1.807) is 0 Å². The van der Waals surface area contributed by atoms with Gasteiger partial charge in [-0.05, 0) is 18.6 Å². The van der Waals surface area contributed by atoms with Gasteiger partial charge in [0, 0.05) is 24.6 Å². The Morgan fingerprint density at radius 3 is 2.76 bits per heavy atom. The van der Waals surface area contributed by atoms with Crippen LogP contribution in [0.3, 0.4) is 0 Å². The summed E-state index contributed by atoms with van der Waals surface area (Å²) < 4.78 is 0. The molecular formula is C15H17NO. The minimum Gasteiger partial charge on any atom is -0.334 e. The summed E-state index contributed by atoms with van der Waals surface area (Å²) in [6.07, 6.45) is 2.80. The van der Waals surface area contributed by atoms with E-state index in [0.29, 0.717) is 12.5 Å². The van der Waals surface area contributed by atoms with Gasteiger partial charge in [0.2, 0.25) is 0 Å².